The molecule has 1 aromatic heterocycles. The van der Waals surface area contributed by atoms with Gasteiger partial charge in [-0.3, -0.25) is 14.6 Å². The van der Waals surface area contributed by atoms with Gasteiger partial charge in [0.1, 0.15) is 0 Å². The Labute approximate surface area is 155 Å². The van der Waals surface area contributed by atoms with Crippen LogP contribution in [-0.4, -0.2) is 52.0 Å². The molecule has 142 valence electrons. The zero-order valence-electron chi connectivity index (χ0n) is 15.3. The van der Waals surface area contributed by atoms with E-state index in [1.54, 1.807) is 12.4 Å². The van der Waals surface area contributed by atoms with Gasteiger partial charge in [-0.25, -0.2) is 0 Å². The van der Waals surface area contributed by atoms with E-state index in [2.05, 4.69) is 10.3 Å². The van der Waals surface area contributed by atoms with Crippen molar-refractivity contribution in [3.63, 3.8) is 0 Å². The van der Waals surface area contributed by atoms with Crippen molar-refractivity contribution in [3.05, 3.63) is 30.1 Å². The number of nitrogens with one attached hydrogen (secondary N) is 1. The molecule has 1 atom stereocenters. The summed E-state index contributed by atoms with van der Waals surface area (Å²) in [5, 5.41) is 12.8. The molecule has 6 nitrogen and oxygen atoms in total. The fourth-order valence-electron chi connectivity index (χ4n) is 3.86. The van der Waals surface area contributed by atoms with Crippen LogP contribution < -0.4 is 5.32 Å². The van der Waals surface area contributed by atoms with Gasteiger partial charge in [0.2, 0.25) is 11.8 Å². The second-order valence-electron chi connectivity index (χ2n) is 7.56. The third-order valence-corrected chi connectivity index (χ3v) is 5.55. The number of pyridine rings is 1. The Hall–Kier alpha value is -1.95. The number of amides is 2. The molecule has 1 saturated heterocycles. The average molecular weight is 359 g/mol. The molecule has 2 N–H and O–H groups in total. The van der Waals surface area contributed by atoms with Gasteiger partial charge in [-0.1, -0.05) is 6.42 Å². The predicted octanol–water partition coefficient (Wildman–Crippen LogP) is 1.67. The molecule has 0 aromatic carbocycles. The smallest absolute Gasteiger partial charge is 0.222 e. The minimum absolute atomic E-state index is 0.0116. The Kier molecular flexibility index (Phi) is 6.61. The van der Waals surface area contributed by atoms with E-state index in [1.807, 2.05) is 17.0 Å². The topological polar surface area (TPSA) is 82.5 Å². The Morgan fingerprint density at radius 2 is 2.04 bits per heavy atom. The predicted molar refractivity (Wildman–Crippen MR) is 98.3 cm³/mol. The van der Waals surface area contributed by atoms with Crippen LogP contribution in [0.15, 0.2) is 24.5 Å². The molecule has 2 amide bonds. The number of aromatic nitrogens is 1. The molecule has 2 fully saturated rings. The number of carbonyl (C=O) groups excluding carboxylic acids is 2. The lowest BCUT2D eigenvalue weighted by atomic mass is 9.75. The van der Waals surface area contributed by atoms with Gasteiger partial charge >= 0.3 is 0 Å². The van der Waals surface area contributed by atoms with Gasteiger partial charge in [0.25, 0.3) is 0 Å². The van der Waals surface area contributed by atoms with Crippen LogP contribution in [0.1, 0.15) is 50.5 Å². The normalized spacial score (nSPS) is 24.5. The van der Waals surface area contributed by atoms with Crippen LogP contribution in [0.2, 0.25) is 0 Å². The van der Waals surface area contributed by atoms with Crippen LogP contribution in [0.4, 0.5) is 0 Å². The van der Waals surface area contributed by atoms with Crippen LogP contribution in [0.3, 0.4) is 0 Å². The van der Waals surface area contributed by atoms with E-state index in [1.165, 1.54) is 0 Å². The van der Waals surface area contributed by atoms with Crippen molar-refractivity contribution in [2.24, 2.45) is 5.92 Å². The van der Waals surface area contributed by atoms with Crippen LogP contribution in [0.25, 0.3) is 0 Å². The molecular formula is C20H29N3O3. The van der Waals surface area contributed by atoms with Crippen LogP contribution >= 0.6 is 0 Å². The highest BCUT2D eigenvalue weighted by Gasteiger charge is 2.34. The van der Waals surface area contributed by atoms with Gasteiger partial charge in [0, 0.05) is 44.4 Å². The van der Waals surface area contributed by atoms with Gasteiger partial charge in [0.05, 0.1) is 6.10 Å². The van der Waals surface area contributed by atoms with Crippen molar-refractivity contribution in [1.29, 1.82) is 0 Å². The first-order valence-corrected chi connectivity index (χ1v) is 9.76. The van der Waals surface area contributed by atoms with Crippen molar-refractivity contribution in [3.8, 4) is 0 Å². The summed E-state index contributed by atoms with van der Waals surface area (Å²) < 4.78 is 0. The molecule has 0 unspecified atom stereocenters. The lowest BCUT2D eigenvalue weighted by molar-refractivity contribution is -0.131. The number of carbonyl (C=O) groups is 2. The lowest BCUT2D eigenvalue weighted by Gasteiger charge is -2.38. The SMILES string of the molecule is O=C(CCN1CCCCCC1=O)N[C@H](Cc1ccncc1)C1CC(O)C1. The third kappa shape index (κ3) is 5.27. The van der Waals surface area contributed by atoms with E-state index in [0.29, 0.717) is 25.3 Å². The summed E-state index contributed by atoms with van der Waals surface area (Å²) in [6.07, 6.45) is 9.51. The standard InChI is InChI=1S/C20H29N3O3/c24-17-13-16(14-17)18(12-15-5-8-21-9-6-15)22-19(25)7-11-23-10-3-1-2-4-20(23)26/h5-6,8-9,16-18,24H,1-4,7,10-14H2,(H,22,25)/t16?,17?,18-/m1/s1. The molecule has 6 heteroatoms. The Morgan fingerprint density at radius 1 is 1.27 bits per heavy atom. The Bertz CT molecular complexity index is 602. The summed E-state index contributed by atoms with van der Waals surface area (Å²) in [4.78, 5) is 30.4. The summed E-state index contributed by atoms with van der Waals surface area (Å²) in [6.45, 7) is 1.27. The molecule has 2 aliphatic rings. The van der Waals surface area contributed by atoms with Crippen molar-refractivity contribution in [2.45, 2.75) is 63.5 Å². The van der Waals surface area contributed by atoms with Gasteiger partial charge in [-0.15, -0.1) is 0 Å². The van der Waals surface area contributed by atoms with Crippen molar-refractivity contribution < 1.29 is 14.7 Å². The molecule has 2 heterocycles. The molecule has 0 radical (unpaired) electrons. The van der Waals surface area contributed by atoms with Crippen molar-refractivity contribution in [2.75, 3.05) is 13.1 Å². The Balaban J connectivity index is 1.52. The van der Waals surface area contributed by atoms with Gasteiger partial charge in [0.15, 0.2) is 0 Å². The second kappa shape index (κ2) is 9.12. The summed E-state index contributed by atoms with van der Waals surface area (Å²) in [6, 6.07) is 3.95. The molecule has 1 saturated carbocycles. The summed E-state index contributed by atoms with van der Waals surface area (Å²) in [5.74, 6) is 0.468. The maximum absolute atomic E-state index is 12.5. The van der Waals surface area contributed by atoms with E-state index < -0.39 is 0 Å². The summed E-state index contributed by atoms with van der Waals surface area (Å²) in [7, 11) is 0. The first-order chi connectivity index (χ1) is 12.6. The summed E-state index contributed by atoms with van der Waals surface area (Å²) in [5.41, 5.74) is 1.13. The number of hydrogen-bond donors (Lipinski definition) is 2. The fourth-order valence-corrected chi connectivity index (χ4v) is 3.86. The summed E-state index contributed by atoms with van der Waals surface area (Å²) >= 11 is 0. The molecular weight excluding hydrogens is 330 g/mol. The first kappa shape index (κ1) is 18.8. The highest BCUT2D eigenvalue weighted by Crippen LogP contribution is 2.31. The van der Waals surface area contributed by atoms with E-state index in [0.717, 1.165) is 50.6 Å². The number of nitrogens with zero attached hydrogens (tertiary/aromatic N) is 2. The number of likely N-dealkylation sites (tertiary alicyclic amines) is 1. The number of rotatable bonds is 7. The van der Waals surface area contributed by atoms with E-state index >= 15 is 0 Å². The van der Waals surface area contributed by atoms with Crippen molar-refractivity contribution in [1.82, 2.24) is 15.2 Å². The minimum atomic E-state index is -0.244. The zero-order chi connectivity index (χ0) is 18.4. The third-order valence-electron chi connectivity index (χ3n) is 5.55. The van der Waals surface area contributed by atoms with E-state index in [-0.39, 0.29) is 24.0 Å². The molecule has 1 aliphatic carbocycles. The monoisotopic (exact) mass is 359 g/mol. The molecule has 1 aliphatic heterocycles. The minimum Gasteiger partial charge on any atom is -0.393 e. The van der Waals surface area contributed by atoms with Gasteiger partial charge in [-0.2, -0.15) is 0 Å². The number of aliphatic hydroxyl groups excluding tert-OH is 1. The highest BCUT2D eigenvalue weighted by atomic mass is 16.3. The molecule has 0 spiro atoms. The maximum atomic E-state index is 12.5. The van der Waals surface area contributed by atoms with Crippen LogP contribution in [0.5, 0.6) is 0 Å². The molecule has 0 bridgehead atoms. The first-order valence-electron chi connectivity index (χ1n) is 9.76. The number of aliphatic hydroxyl groups is 1. The number of hydrogen-bond acceptors (Lipinski definition) is 4. The highest BCUT2D eigenvalue weighted by molar-refractivity contribution is 5.79. The van der Waals surface area contributed by atoms with Crippen LogP contribution in [-0.2, 0) is 16.0 Å². The zero-order valence-corrected chi connectivity index (χ0v) is 15.3. The average Bonchev–Trinajstić information content (AvgIpc) is 2.82. The molecule has 1 aromatic rings. The largest absolute Gasteiger partial charge is 0.393 e. The lowest BCUT2D eigenvalue weighted by Crippen LogP contribution is -2.48. The maximum Gasteiger partial charge on any atom is 0.222 e. The quantitative estimate of drug-likeness (QED) is 0.776. The second-order valence-corrected chi connectivity index (χ2v) is 7.56. The van der Waals surface area contributed by atoms with Gasteiger partial charge < -0.3 is 15.3 Å². The van der Waals surface area contributed by atoms with Crippen molar-refractivity contribution >= 4 is 11.8 Å². The van der Waals surface area contributed by atoms with E-state index in [4.69, 9.17) is 0 Å². The Morgan fingerprint density at radius 3 is 2.77 bits per heavy atom. The van der Waals surface area contributed by atoms with Crippen LogP contribution in [0, 0.1) is 5.92 Å². The fraction of sp³-hybridized carbons (Fsp3) is 0.650. The van der Waals surface area contributed by atoms with E-state index in [9.17, 15) is 14.7 Å². The molecule has 26 heavy (non-hydrogen) atoms. The van der Waals surface area contributed by atoms with Gasteiger partial charge in [-0.05, 0) is 55.7 Å². The molecule has 3 rings (SSSR count).